The first-order valence-corrected chi connectivity index (χ1v) is 10.6. The number of nitrogens with zero attached hydrogens (tertiary/aromatic N) is 3. The summed E-state index contributed by atoms with van der Waals surface area (Å²) in [5.74, 6) is 0.859. The highest BCUT2D eigenvalue weighted by atomic mass is 32.1. The van der Waals surface area contributed by atoms with Gasteiger partial charge in [0, 0.05) is 29.4 Å². The fraction of sp³-hybridized carbons (Fsp3) is 0.182. The molecule has 156 valence electrons. The summed E-state index contributed by atoms with van der Waals surface area (Å²) in [6.07, 6.45) is 1.55. The van der Waals surface area contributed by atoms with E-state index in [1.165, 1.54) is 11.3 Å². The van der Waals surface area contributed by atoms with Crippen LogP contribution in [0.25, 0.3) is 22.3 Å². The number of thiazole rings is 1. The van der Waals surface area contributed by atoms with Crippen LogP contribution in [0.1, 0.15) is 23.0 Å². The molecule has 1 aliphatic heterocycles. The number of carbonyl (C=O) groups is 1. The van der Waals surface area contributed by atoms with Gasteiger partial charge in [0.15, 0.2) is 16.6 Å². The average Bonchev–Trinajstić information content (AvgIpc) is 3.42. The van der Waals surface area contributed by atoms with Crippen LogP contribution >= 0.6 is 11.3 Å². The first-order valence-electron chi connectivity index (χ1n) is 9.71. The molecular weight excluding hydrogens is 416 g/mol. The molecule has 3 aromatic heterocycles. The van der Waals surface area contributed by atoms with E-state index < -0.39 is 5.91 Å². The van der Waals surface area contributed by atoms with Crippen LogP contribution in [0.5, 0.6) is 11.5 Å². The van der Waals surface area contributed by atoms with E-state index in [-0.39, 0.29) is 17.8 Å². The summed E-state index contributed by atoms with van der Waals surface area (Å²) in [5.41, 5.74) is 2.63. The van der Waals surface area contributed by atoms with Gasteiger partial charge in [0.25, 0.3) is 5.91 Å². The molecular formula is C22H18N4O4S. The van der Waals surface area contributed by atoms with Gasteiger partial charge >= 0.3 is 0 Å². The normalized spacial score (nSPS) is 12.3. The lowest BCUT2D eigenvalue weighted by Crippen LogP contribution is -2.24. The molecule has 31 heavy (non-hydrogen) atoms. The number of hydrogen-bond donors (Lipinski definition) is 1. The summed E-state index contributed by atoms with van der Waals surface area (Å²) < 4.78 is 12.5. The number of ether oxygens (including phenoxy) is 2. The van der Waals surface area contributed by atoms with E-state index in [1.807, 2.05) is 37.4 Å². The van der Waals surface area contributed by atoms with Gasteiger partial charge in [-0.1, -0.05) is 0 Å². The number of aryl methyl sites for hydroxylation is 2. The van der Waals surface area contributed by atoms with E-state index in [9.17, 15) is 9.59 Å². The van der Waals surface area contributed by atoms with Crippen molar-refractivity contribution in [3.63, 3.8) is 0 Å². The number of fused-ring (bicyclic) bond motifs is 2. The molecule has 0 atom stereocenters. The van der Waals surface area contributed by atoms with Gasteiger partial charge in [-0.25, -0.2) is 9.97 Å². The summed E-state index contributed by atoms with van der Waals surface area (Å²) in [6, 6.07) is 9.04. The fourth-order valence-corrected chi connectivity index (χ4v) is 4.16. The molecule has 0 aliphatic carbocycles. The van der Waals surface area contributed by atoms with Crippen LogP contribution in [0.2, 0.25) is 0 Å². The molecule has 1 amide bonds. The molecule has 1 aromatic carbocycles. The lowest BCUT2D eigenvalue weighted by atomic mass is 10.1. The fourth-order valence-electron chi connectivity index (χ4n) is 3.45. The van der Waals surface area contributed by atoms with Crippen LogP contribution < -0.4 is 20.2 Å². The first kappa shape index (κ1) is 19.3. The van der Waals surface area contributed by atoms with E-state index >= 15 is 0 Å². The Morgan fingerprint density at radius 1 is 1.19 bits per heavy atom. The number of benzene rings is 1. The quantitative estimate of drug-likeness (QED) is 0.525. The molecule has 1 N–H and O–H groups in total. The van der Waals surface area contributed by atoms with Crippen LogP contribution in [-0.2, 0) is 6.54 Å². The van der Waals surface area contributed by atoms with Gasteiger partial charge in [-0.15, -0.1) is 11.3 Å². The zero-order valence-corrected chi connectivity index (χ0v) is 17.7. The van der Waals surface area contributed by atoms with Gasteiger partial charge in [-0.2, -0.15) is 0 Å². The molecule has 0 spiro atoms. The summed E-state index contributed by atoms with van der Waals surface area (Å²) in [7, 11) is 0. The van der Waals surface area contributed by atoms with Gasteiger partial charge < -0.3 is 14.0 Å². The molecule has 4 heterocycles. The van der Waals surface area contributed by atoms with Gasteiger partial charge in [0.1, 0.15) is 11.2 Å². The smallest absolute Gasteiger partial charge is 0.262 e. The van der Waals surface area contributed by atoms with E-state index in [0.717, 1.165) is 11.3 Å². The van der Waals surface area contributed by atoms with Crippen molar-refractivity contribution in [2.24, 2.45) is 0 Å². The first-order chi connectivity index (χ1) is 15.0. The van der Waals surface area contributed by atoms with Crippen LogP contribution in [0.3, 0.4) is 0 Å². The van der Waals surface area contributed by atoms with Crippen molar-refractivity contribution >= 4 is 33.4 Å². The predicted molar refractivity (Wildman–Crippen MR) is 118 cm³/mol. The van der Waals surface area contributed by atoms with Crippen LogP contribution in [0, 0.1) is 6.92 Å². The Balaban J connectivity index is 1.45. The van der Waals surface area contributed by atoms with Crippen molar-refractivity contribution in [2.45, 2.75) is 20.4 Å². The lowest BCUT2D eigenvalue weighted by Gasteiger charge is -2.11. The molecule has 1 aliphatic rings. The molecule has 0 bridgehead atoms. The SMILES string of the molecule is CCn1cc(C(=O)Nc2nc(-c3ccc4c(c3)OCO4)cs2)c(=O)c2ccc(C)nc21. The number of amides is 1. The summed E-state index contributed by atoms with van der Waals surface area (Å²) in [4.78, 5) is 34.8. The van der Waals surface area contributed by atoms with Crippen molar-refractivity contribution in [2.75, 3.05) is 12.1 Å². The number of anilines is 1. The summed E-state index contributed by atoms with van der Waals surface area (Å²) in [6.45, 7) is 4.59. The van der Waals surface area contributed by atoms with Crippen LogP contribution in [0.4, 0.5) is 5.13 Å². The Labute approximate surface area is 181 Å². The van der Waals surface area contributed by atoms with Gasteiger partial charge in [-0.3, -0.25) is 14.9 Å². The largest absolute Gasteiger partial charge is 0.454 e. The standard InChI is InChI=1S/C22H18N4O4S/c1-3-26-9-15(19(27)14-6-4-12(2)23-20(14)26)21(28)25-22-24-16(10-31-22)13-5-7-17-18(8-13)30-11-29-17/h4-10H,3,11H2,1-2H3,(H,24,25,28). The number of nitrogens with one attached hydrogen (secondary N) is 1. The zero-order valence-electron chi connectivity index (χ0n) is 16.8. The number of pyridine rings is 2. The van der Waals surface area contributed by atoms with Crippen molar-refractivity contribution in [1.29, 1.82) is 0 Å². The maximum atomic E-state index is 12.9. The summed E-state index contributed by atoms with van der Waals surface area (Å²) >= 11 is 1.29. The van der Waals surface area contributed by atoms with E-state index in [2.05, 4.69) is 15.3 Å². The van der Waals surface area contributed by atoms with E-state index in [4.69, 9.17) is 9.47 Å². The van der Waals surface area contributed by atoms with Gasteiger partial charge in [0.2, 0.25) is 12.2 Å². The number of rotatable bonds is 4. The molecule has 8 nitrogen and oxygen atoms in total. The molecule has 0 radical (unpaired) electrons. The Kier molecular flexibility index (Phi) is 4.67. The highest BCUT2D eigenvalue weighted by Gasteiger charge is 2.19. The minimum absolute atomic E-state index is 0.0554. The minimum atomic E-state index is -0.499. The molecule has 5 rings (SSSR count). The third kappa shape index (κ3) is 3.42. The van der Waals surface area contributed by atoms with Crippen molar-refractivity contribution in [3.8, 4) is 22.8 Å². The maximum absolute atomic E-state index is 12.9. The molecule has 0 saturated heterocycles. The molecule has 0 unspecified atom stereocenters. The minimum Gasteiger partial charge on any atom is -0.454 e. The molecule has 4 aromatic rings. The second kappa shape index (κ2) is 7.51. The topological polar surface area (TPSA) is 95.3 Å². The van der Waals surface area contributed by atoms with Crippen molar-refractivity contribution < 1.29 is 14.3 Å². The van der Waals surface area contributed by atoms with Crippen molar-refractivity contribution in [3.05, 3.63) is 63.4 Å². The zero-order chi connectivity index (χ0) is 21.5. The highest BCUT2D eigenvalue weighted by molar-refractivity contribution is 7.14. The number of aromatic nitrogens is 3. The molecule has 0 fully saturated rings. The Hall–Kier alpha value is -3.72. The van der Waals surface area contributed by atoms with Crippen molar-refractivity contribution in [1.82, 2.24) is 14.5 Å². The lowest BCUT2D eigenvalue weighted by molar-refractivity contribution is 0.102. The highest BCUT2D eigenvalue weighted by Crippen LogP contribution is 2.36. The Bertz CT molecular complexity index is 1390. The molecule has 0 saturated carbocycles. The molecule has 9 heteroatoms. The number of hydrogen-bond acceptors (Lipinski definition) is 7. The second-order valence-electron chi connectivity index (χ2n) is 7.04. The van der Waals surface area contributed by atoms with Crippen LogP contribution in [0.15, 0.2) is 46.7 Å². The van der Waals surface area contributed by atoms with E-state index in [0.29, 0.717) is 39.9 Å². The monoisotopic (exact) mass is 434 g/mol. The van der Waals surface area contributed by atoms with Gasteiger partial charge in [0.05, 0.1) is 11.1 Å². The second-order valence-corrected chi connectivity index (χ2v) is 7.90. The van der Waals surface area contributed by atoms with E-state index in [1.54, 1.807) is 22.9 Å². The Morgan fingerprint density at radius 3 is 2.87 bits per heavy atom. The van der Waals surface area contributed by atoms with Crippen LogP contribution in [-0.4, -0.2) is 27.2 Å². The Morgan fingerprint density at radius 2 is 2.03 bits per heavy atom. The predicted octanol–water partition coefficient (Wildman–Crippen LogP) is 3.83. The number of carbonyl (C=O) groups excluding carboxylic acids is 1. The third-order valence-corrected chi connectivity index (χ3v) is 5.80. The van der Waals surface area contributed by atoms with Gasteiger partial charge in [-0.05, 0) is 44.2 Å². The summed E-state index contributed by atoms with van der Waals surface area (Å²) in [5, 5.41) is 5.41. The average molecular weight is 434 g/mol. The maximum Gasteiger partial charge on any atom is 0.262 e. The third-order valence-electron chi connectivity index (χ3n) is 5.04.